The number of rotatable bonds is 2. The summed E-state index contributed by atoms with van der Waals surface area (Å²) in [4.78, 5) is 4.99. The van der Waals surface area contributed by atoms with E-state index in [1.165, 1.54) is 51.9 Å². The highest BCUT2D eigenvalue weighted by molar-refractivity contribution is 4.89. The summed E-state index contributed by atoms with van der Waals surface area (Å²) >= 11 is 0. The molecule has 0 aromatic heterocycles. The van der Waals surface area contributed by atoms with Gasteiger partial charge in [-0.3, -0.25) is 0 Å². The van der Waals surface area contributed by atoms with Crippen molar-refractivity contribution in [3.63, 3.8) is 0 Å². The van der Waals surface area contributed by atoms with Gasteiger partial charge in [-0.05, 0) is 50.7 Å². The minimum absolute atomic E-state index is 0.117. The maximum absolute atomic E-state index is 10.5. The van der Waals surface area contributed by atoms with Gasteiger partial charge in [0.15, 0.2) is 0 Å². The van der Waals surface area contributed by atoms with Crippen molar-refractivity contribution in [1.29, 1.82) is 0 Å². The van der Waals surface area contributed by atoms with Crippen molar-refractivity contribution in [2.75, 3.05) is 39.8 Å². The van der Waals surface area contributed by atoms with Crippen LogP contribution in [0.2, 0.25) is 0 Å². The van der Waals surface area contributed by atoms with Gasteiger partial charge in [0.05, 0.1) is 6.10 Å². The summed E-state index contributed by atoms with van der Waals surface area (Å²) < 4.78 is 0. The van der Waals surface area contributed by atoms with Crippen LogP contribution in [0.3, 0.4) is 0 Å². The summed E-state index contributed by atoms with van der Waals surface area (Å²) in [6.07, 6.45) is 4.81. The van der Waals surface area contributed by atoms with Crippen LogP contribution < -0.4 is 0 Å². The molecule has 106 valence electrons. The zero-order valence-corrected chi connectivity index (χ0v) is 12.4. The number of aliphatic hydroxyl groups is 1. The van der Waals surface area contributed by atoms with Gasteiger partial charge in [-0.15, -0.1) is 0 Å². The first kappa shape index (κ1) is 14.3. The first-order chi connectivity index (χ1) is 8.49. The molecular weight excluding hydrogens is 224 g/mol. The molecular formula is C15H30N2O. The van der Waals surface area contributed by atoms with Crippen LogP contribution in [-0.4, -0.2) is 60.8 Å². The quantitative estimate of drug-likeness (QED) is 0.814. The Labute approximate surface area is 112 Å². The van der Waals surface area contributed by atoms with Gasteiger partial charge in [-0.25, -0.2) is 0 Å². The molecule has 3 nitrogen and oxygen atoms in total. The van der Waals surface area contributed by atoms with Crippen LogP contribution in [0.15, 0.2) is 0 Å². The number of hydrogen-bond acceptors (Lipinski definition) is 3. The van der Waals surface area contributed by atoms with Gasteiger partial charge >= 0.3 is 0 Å². The van der Waals surface area contributed by atoms with Crippen LogP contribution in [0, 0.1) is 11.3 Å². The summed E-state index contributed by atoms with van der Waals surface area (Å²) in [5.74, 6) is 0.483. The molecule has 0 aromatic rings. The normalized spacial score (nSPS) is 35.3. The molecule has 3 heteroatoms. The Hall–Kier alpha value is -0.120. The highest BCUT2D eigenvalue weighted by Gasteiger charge is 2.38. The molecule has 1 saturated heterocycles. The van der Waals surface area contributed by atoms with E-state index in [4.69, 9.17) is 0 Å². The highest BCUT2D eigenvalue weighted by atomic mass is 16.3. The van der Waals surface area contributed by atoms with Gasteiger partial charge in [0.25, 0.3) is 0 Å². The van der Waals surface area contributed by atoms with Crippen molar-refractivity contribution in [3.8, 4) is 0 Å². The topological polar surface area (TPSA) is 26.7 Å². The van der Waals surface area contributed by atoms with Crippen molar-refractivity contribution in [3.05, 3.63) is 0 Å². The molecule has 2 aliphatic rings. The van der Waals surface area contributed by atoms with Crippen LogP contribution >= 0.6 is 0 Å². The Morgan fingerprint density at radius 2 is 1.89 bits per heavy atom. The van der Waals surface area contributed by atoms with E-state index >= 15 is 0 Å². The van der Waals surface area contributed by atoms with Crippen molar-refractivity contribution < 1.29 is 5.11 Å². The number of nitrogens with zero attached hydrogens (tertiary/aromatic N) is 2. The maximum atomic E-state index is 10.5. The van der Waals surface area contributed by atoms with E-state index in [9.17, 15) is 5.11 Å². The SMILES string of the molecule is CN1CCCN(CC2CCCC(C)(C)C2O)CC1. The lowest BCUT2D eigenvalue weighted by atomic mass is 9.69. The van der Waals surface area contributed by atoms with E-state index < -0.39 is 0 Å². The first-order valence-corrected chi connectivity index (χ1v) is 7.58. The smallest absolute Gasteiger partial charge is 0.0631 e. The second-order valence-corrected chi connectivity index (χ2v) is 7.04. The van der Waals surface area contributed by atoms with E-state index in [0.29, 0.717) is 5.92 Å². The molecule has 1 N–H and O–H groups in total. The molecule has 1 heterocycles. The molecule has 2 atom stereocenters. The first-order valence-electron chi connectivity index (χ1n) is 7.58. The van der Waals surface area contributed by atoms with Gasteiger partial charge in [0.1, 0.15) is 0 Å². The standard InChI is InChI=1S/C15H30N2O/c1-15(2)7-4-6-13(14(15)18)12-17-9-5-8-16(3)10-11-17/h13-14,18H,4-12H2,1-3H3. The van der Waals surface area contributed by atoms with E-state index in [0.717, 1.165) is 6.54 Å². The molecule has 18 heavy (non-hydrogen) atoms. The fraction of sp³-hybridized carbons (Fsp3) is 1.00. The molecule has 2 rings (SSSR count). The fourth-order valence-electron chi connectivity index (χ4n) is 3.57. The Morgan fingerprint density at radius 3 is 2.67 bits per heavy atom. The summed E-state index contributed by atoms with van der Waals surface area (Å²) in [5, 5.41) is 10.5. The highest BCUT2D eigenvalue weighted by Crippen LogP contribution is 2.39. The Balaban J connectivity index is 1.88. The third kappa shape index (κ3) is 3.46. The lowest BCUT2D eigenvalue weighted by molar-refractivity contribution is -0.0425. The van der Waals surface area contributed by atoms with Crippen molar-refractivity contribution in [2.24, 2.45) is 11.3 Å². The molecule has 0 amide bonds. The van der Waals surface area contributed by atoms with Gasteiger partial charge < -0.3 is 14.9 Å². The summed E-state index contributed by atoms with van der Waals surface area (Å²) in [6, 6.07) is 0. The molecule has 1 saturated carbocycles. The number of likely N-dealkylation sites (N-methyl/N-ethyl adjacent to an activating group) is 1. The lowest BCUT2D eigenvalue weighted by Gasteiger charge is -2.42. The molecule has 2 unspecified atom stereocenters. The van der Waals surface area contributed by atoms with E-state index in [1.807, 2.05) is 0 Å². The third-order valence-electron chi connectivity index (χ3n) is 4.95. The average Bonchev–Trinajstić information content (AvgIpc) is 2.50. The van der Waals surface area contributed by atoms with E-state index in [1.54, 1.807) is 0 Å². The van der Waals surface area contributed by atoms with Crippen molar-refractivity contribution in [1.82, 2.24) is 9.80 Å². The summed E-state index contributed by atoms with van der Waals surface area (Å²) in [5.41, 5.74) is 0.117. The summed E-state index contributed by atoms with van der Waals surface area (Å²) in [6.45, 7) is 10.3. The van der Waals surface area contributed by atoms with E-state index in [2.05, 4.69) is 30.7 Å². The van der Waals surface area contributed by atoms with Crippen LogP contribution in [0.25, 0.3) is 0 Å². The predicted octanol–water partition coefficient (Wildman–Crippen LogP) is 1.81. The molecule has 2 fully saturated rings. The monoisotopic (exact) mass is 254 g/mol. The largest absolute Gasteiger partial charge is 0.392 e. The Morgan fingerprint density at radius 1 is 1.11 bits per heavy atom. The number of aliphatic hydroxyl groups excluding tert-OH is 1. The molecule has 1 aliphatic heterocycles. The molecule has 0 spiro atoms. The fourth-order valence-corrected chi connectivity index (χ4v) is 3.57. The Kier molecular flexibility index (Phi) is 4.68. The van der Waals surface area contributed by atoms with Crippen LogP contribution in [0.4, 0.5) is 0 Å². The number of hydrogen-bond donors (Lipinski definition) is 1. The van der Waals surface area contributed by atoms with Gasteiger partial charge in [-0.1, -0.05) is 20.3 Å². The third-order valence-corrected chi connectivity index (χ3v) is 4.95. The van der Waals surface area contributed by atoms with Crippen LogP contribution in [0.5, 0.6) is 0 Å². The second kappa shape index (κ2) is 5.89. The Bertz CT molecular complexity index is 267. The van der Waals surface area contributed by atoms with Crippen molar-refractivity contribution >= 4 is 0 Å². The zero-order valence-electron chi connectivity index (χ0n) is 12.4. The van der Waals surface area contributed by atoms with E-state index in [-0.39, 0.29) is 11.5 Å². The second-order valence-electron chi connectivity index (χ2n) is 7.04. The maximum Gasteiger partial charge on any atom is 0.0631 e. The van der Waals surface area contributed by atoms with Crippen LogP contribution in [-0.2, 0) is 0 Å². The van der Waals surface area contributed by atoms with Gasteiger partial charge in [-0.2, -0.15) is 0 Å². The van der Waals surface area contributed by atoms with Gasteiger partial charge in [0, 0.05) is 19.6 Å². The minimum atomic E-state index is -0.118. The predicted molar refractivity (Wildman–Crippen MR) is 75.7 cm³/mol. The zero-order chi connectivity index (χ0) is 13.2. The molecule has 0 radical (unpaired) electrons. The lowest BCUT2D eigenvalue weighted by Crippen LogP contribution is -2.45. The minimum Gasteiger partial charge on any atom is -0.392 e. The molecule has 1 aliphatic carbocycles. The molecule has 0 aromatic carbocycles. The summed E-state index contributed by atoms with van der Waals surface area (Å²) in [7, 11) is 2.21. The van der Waals surface area contributed by atoms with Crippen molar-refractivity contribution in [2.45, 2.75) is 45.6 Å². The van der Waals surface area contributed by atoms with Gasteiger partial charge in [0.2, 0.25) is 0 Å². The van der Waals surface area contributed by atoms with Crippen LogP contribution in [0.1, 0.15) is 39.5 Å². The average molecular weight is 254 g/mol. The molecule has 0 bridgehead atoms.